The molecule has 1 saturated heterocycles. The molecule has 2 fully saturated rings. The third-order valence-electron chi connectivity index (χ3n) is 5.51. The maximum Gasteiger partial charge on any atom is 0.254 e. The quantitative estimate of drug-likeness (QED) is 0.483. The first-order valence-electron chi connectivity index (χ1n) is 9.61. The minimum absolute atomic E-state index is 0.0682. The molecule has 5 nitrogen and oxygen atoms in total. The van der Waals surface area contributed by atoms with Gasteiger partial charge in [0.25, 0.3) is 5.91 Å². The number of β-lactam (4-membered cyclic amide) rings is 1. The van der Waals surface area contributed by atoms with E-state index in [1.54, 1.807) is 24.3 Å². The molecule has 0 spiro atoms. The van der Waals surface area contributed by atoms with Crippen molar-refractivity contribution in [2.75, 3.05) is 0 Å². The molecule has 27 heavy (non-hydrogen) atoms. The van der Waals surface area contributed by atoms with Crippen LogP contribution >= 0.6 is 11.6 Å². The van der Waals surface area contributed by atoms with Crippen molar-refractivity contribution in [2.24, 2.45) is 0 Å². The van der Waals surface area contributed by atoms with Gasteiger partial charge in [0.1, 0.15) is 0 Å². The monoisotopic (exact) mass is 390 g/mol. The molecule has 0 bridgehead atoms. The lowest BCUT2D eigenvalue weighted by Crippen LogP contribution is -2.78. The maximum atomic E-state index is 13.4. The molecule has 146 valence electrons. The van der Waals surface area contributed by atoms with E-state index in [1.165, 1.54) is 11.3 Å². The Morgan fingerprint density at radius 3 is 2.22 bits per heavy atom. The van der Waals surface area contributed by atoms with Gasteiger partial charge in [0.2, 0.25) is 5.91 Å². The lowest BCUT2D eigenvalue weighted by atomic mass is 9.73. The molecule has 1 saturated carbocycles. The summed E-state index contributed by atoms with van der Waals surface area (Å²) in [6.45, 7) is 5.55. The Morgan fingerprint density at radius 1 is 1.11 bits per heavy atom. The number of ketones is 1. The van der Waals surface area contributed by atoms with Gasteiger partial charge in [-0.1, -0.05) is 30.9 Å². The van der Waals surface area contributed by atoms with E-state index < -0.39 is 11.1 Å². The summed E-state index contributed by atoms with van der Waals surface area (Å²) in [6, 6.07) is 6.56. The number of Topliss-reactive ketones (excluding diaryl/α,β-unsaturated/α-hetero) is 1. The summed E-state index contributed by atoms with van der Waals surface area (Å²) < 4.78 is 0. The predicted molar refractivity (Wildman–Crippen MR) is 105 cm³/mol. The molecular formula is C21H27ClN2O3. The van der Waals surface area contributed by atoms with Gasteiger partial charge in [0.15, 0.2) is 11.3 Å². The van der Waals surface area contributed by atoms with E-state index in [9.17, 15) is 14.4 Å². The second-order valence-electron chi connectivity index (χ2n) is 8.58. The van der Waals surface area contributed by atoms with Gasteiger partial charge in [-0.15, -0.1) is 0 Å². The highest BCUT2D eigenvalue weighted by Gasteiger charge is 2.64. The Labute approximate surface area is 165 Å². The summed E-state index contributed by atoms with van der Waals surface area (Å²) in [5.74, 6) is -0.880. The van der Waals surface area contributed by atoms with Gasteiger partial charge < -0.3 is 10.2 Å². The molecule has 6 heteroatoms. The van der Waals surface area contributed by atoms with Crippen LogP contribution in [-0.2, 0) is 9.59 Å². The zero-order valence-corrected chi connectivity index (χ0v) is 16.9. The zero-order chi connectivity index (χ0) is 19.8. The number of amides is 2. The van der Waals surface area contributed by atoms with Crippen molar-refractivity contribution in [1.82, 2.24) is 10.2 Å². The number of carbonyl (C=O) groups is 3. The van der Waals surface area contributed by atoms with E-state index in [-0.39, 0.29) is 30.1 Å². The third kappa shape index (κ3) is 3.62. The summed E-state index contributed by atoms with van der Waals surface area (Å²) in [7, 11) is 0. The van der Waals surface area contributed by atoms with E-state index in [0.29, 0.717) is 10.6 Å². The van der Waals surface area contributed by atoms with Gasteiger partial charge >= 0.3 is 0 Å². The van der Waals surface area contributed by atoms with E-state index in [4.69, 9.17) is 11.6 Å². The van der Waals surface area contributed by atoms with Crippen molar-refractivity contribution >= 4 is 29.2 Å². The van der Waals surface area contributed by atoms with Crippen molar-refractivity contribution in [3.05, 3.63) is 34.9 Å². The van der Waals surface area contributed by atoms with Crippen molar-refractivity contribution in [3.63, 3.8) is 0 Å². The van der Waals surface area contributed by atoms with Gasteiger partial charge in [-0.25, -0.2) is 0 Å². The van der Waals surface area contributed by atoms with Gasteiger partial charge in [0, 0.05) is 22.2 Å². The summed E-state index contributed by atoms with van der Waals surface area (Å²) in [6.07, 6.45) is 5.06. The number of hydrogen-bond donors (Lipinski definition) is 1. The van der Waals surface area contributed by atoms with Crippen molar-refractivity contribution in [1.29, 1.82) is 0 Å². The number of rotatable bonds is 4. The second-order valence-corrected chi connectivity index (χ2v) is 9.02. The van der Waals surface area contributed by atoms with Crippen LogP contribution in [0.4, 0.5) is 0 Å². The molecule has 2 aliphatic rings. The van der Waals surface area contributed by atoms with Crippen LogP contribution in [0.3, 0.4) is 0 Å². The number of carbonyl (C=O) groups excluding carboxylic acids is 3. The Hall–Kier alpha value is -1.88. The first-order valence-corrected chi connectivity index (χ1v) is 9.98. The van der Waals surface area contributed by atoms with Crippen LogP contribution in [0.25, 0.3) is 0 Å². The fraction of sp³-hybridized carbons (Fsp3) is 0.571. The largest absolute Gasteiger partial charge is 0.351 e. The minimum atomic E-state index is -1.49. The topological polar surface area (TPSA) is 66.5 Å². The van der Waals surface area contributed by atoms with E-state index in [1.807, 2.05) is 20.8 Å². The Morgan fingerprint density at radius 2 is 1.70 bits per heavy atom. The molecule has 1 heterocycles. The summed E-state index contributed by atoms with van der Waals surface area (Å²) >= 11 is 5.94. The smallest absolute Gasteiger partial charge is 0.254 e. The third-order valence-corrected chi connectivity index (χ3v) is 5.76. The second kappa shape index (κ2) is 7.27. The van der Waals surface area contributed by atoms with E-state index in [0.717, 1.165) is 25.7 Å². The van der Waals surface area contributed by atoms with Crippen molar-refractivity contribution in [2.45, 2.75) is 76.4 Å². The molecule has 1 aliphatic heterocycles. The summed E-state index contributed by atoms with van der Waals surface area (Å²) in [4.78, 5) is 40.7. The highest BCUT2D eigenvalue weighted by Crippen LogP contribution is 2.41. The van der Waals surface area contributed by atoms with Gasteiger partial charge in [-0.05, 0) is 57.9 Å². The number of likely N-dealkylation sites (tertiary alicyclic amines) is 1. The molecule has 0 radical (unpaired) electrons. The molecule has 1 aromatic rings. The lowest BCUT2D eigenvalue weighted by Gasteiger charge is -2.55. The first kappa shape index (κ1) is 19.9. The normalized spacial score (nSPS) is 23.7. The maximum absolute atomic E-state index is 13.4. The number of halogens is 1. The average Bonchev–Trinajstić information content (AvgIpc) is 2.58. The number of nitrogens with one attached hydrogen (secondary N) is 1. The lowest BCUT2D eigenvalue weighted by molar-refractivity contribution is -0.170. The zero-order valence-electron chi connectivity index (χ0n) is 16.2. The average molecular weight is 391 g/mol. The van der Waals surface area contributed by atoms with Crippen LogP contribution in [0.1, 0.15) is 69.7 Å². The number of nitrogens with zero attached hydrogens (tertiary/aromatic N) is 1. The van der Waals surface area contributed by atoms with Gasteiger partial charge in [-0.2, -0.15) is 0 Å². The molecule has 3 rings (SSSR count). The van der Waals surface area contributed by atoms with Gasteiger partial charge in [-0.3, -0.25) is 14.4 Å². The van der Waals surface area contributed by atoms with E-state index in [2.05, 4.69) is 5.32 Å². The highest BCUT2D eigenvalue weighted by molar-refractivity contribution is 6.31. The predicted octanol–water partition coefficient (Wildman–Crippen LogP) is 3.74. The SMILES string of the molecule is CC(C)(C)N1C(=O)CC1(C(=O)NC1CCCCC1)C(=O)c1ccc(Cl)cc1. The van der Waals surface area contributed by atoms with Crippen LogP contribution in [-0.4, -0.2) is 39.6 Å². The molecule has 2 amide bonds. The van der Waals surface area contributed by atoms with Crippen LogP contribution < -0.4 is 5.32 Å². The van der Waals surface area contributed by atoms with Crippen LogP contribution in [0.5, 0.6) is 0 Å². The Bertz CT molecular complexity index is 748. The van der Waals surface area contributed by atoms with Crippen molar-refractivity contribution in [3.8, 4) is 0 Å². The summed E-state index contributed by atoms with van der Waals surface area (Å²) in [5.41, 5.74) is -1.73. The molecule has 1 aliphatic carbocycles. The number of benzene rings is 1. The van der Waals surface area contributed by atoms with Crippen LogP contribution in [0.15, 0.2) is 24.3 Å². The fourth-order valence-corrected chi connectivity index (χ4v) is 4.43. The van der Waals surface area contributed by atoms with Gasteiger partial charge in [0.05, 0.1) is 6.42 Å². The minimum Gasteiger partial charge on any atom is -0.351 e. The molecular weight excluding hydrogens is 364 g/mol. The first-order chi connectivity index (χ1) is 12.7. The summed E-state index contributed by atoms with van der Waals surface area (Å²) in [5, 5.41) is 3.58. The Balaban J connectivity index is 1.96. The Kier molecular flexibility index (Phi) is 5.35. The standard InChI is InChI=1S/C21H27ClN2O3/c1-20(2,3)24-17(25)13-21(24,18(26)14-9-11-15(22)12-10-14)19(27)23-16-7-5-4-6-8-16/h9-12,16H,4-8,13H2,1-3H3,(H,23,27). The molecule has 1 aromatic carbocycles. The molecule has 1 unspecified atom stereocenters. The van der Waals surface area contributed by atoms with Crippen LogP contribution in [0.2, 0.25) is 5.02 Å². The fourth-order valence-electron chi connectivity index (χ4n) is 4.30. The molecule has 0 aromatic heterocycles. The van der Waals surface area contributed by atoms with Crippen molar-refractivity contribution < 1.29 is 14.4 Å². The highest BCUT2D eigenvalue weighted by atomic mass is 35.5. The van der Waals surface area contributed by atoms with E-state index >= 15 is 0 Å². The molecule has 1 N–H and O–H groups in total. The number of hydrogen-bond acceptors (Lipinski definition) is 3. The van der Waals surface area contributed by atoms with Crippen LogP contribution in [0, 0.1) is 0 Å². The molecule has 1 atom stereocenters.